The number of carbonyl (C=O) groups is 3. The zero-order chi connectivity index (χ0) is 30.3. The maximum absolute atomic E-state index is 12.6. The average Bonchev–Trinajstić information content (AvgIpc) is 3.43. The second kappa shape index (κ2) is 13.8. The molecular weight excluding hydrogens is 554 g/mol. The van der Waals surface area contributed by atoms with Gasteiger partial charge in [0, 0.05) is 43.8 Å². The summed E-state index contributed by atoms with van der Waals surface area (Å²) in [5.74, 6) is -0.862. The van der Waals surface area contributed by atoms with E-state index in [1.54, 1.807) is 50.4 Å². The summed E-state index contributed by atoms with van der Waals surface area (Å²) >= 11 is 1.45. The van der Waals surface area contributed by atoms with Crippen LogP contribution >= 0.6 is 11.3 Å². The number of benzene rings is 2. The van der Waals surface area contributed by atoms with Gasteiger partial charge in [-0.15, -0.1) is 11.3 Å². The van der Waals surface area contributed by atoms with Gasteiger partial charge in [0.15, 0.2) is 10.8 Å². The average molecular weight is 594 g/mol. The third-order valence-electron chi connectivity index (χ3n) is 6.64. The Labute approximate surface area is 251 Å². The van der Waals surface area contributed by atoms with Gasteiger partial charge >= 0.3 is 12.1 Å². The number of piperazine rings is 1. The van der Waals surface area contributed by atoms with Crippen LogP contribution in [0, 0.1) is 13.8 Å². The molecular formula is C31H39N5O5S. The Kier molecular flexibility index (Phi) is 10.2. The number of carbonyl (C=O) groups excluding carboxylic acids is 3. The van der Waals surface area contributed by atoms with E-state index >= 15 is 0 Å². The summed E-state index contributed by atoms with van der Waals surface area (Å²) < 4.78 is 10.6. The van der Waals surface area contributed by atoms with E-state index in [0.29, 0.717) is 11.4 Å². The van der Waals surface area contributed by atoms with E-state index in [4.69, 9.17) is 9.47 Å². The Morgan fingerprint density at radius 2 is 1.71 bits per heavy atom. The molecule has 2 aromatic carbocycles. The van der Waals surface area contributed by atoms with Crippen LogP contribution < -0.4 is 15.5 Å². The Hall–Kier alpha value is -3.96. The molecule has 3 aromatic rings. The fourth-order valence-corrected chi connectivity index (χ4v) is 5.24. The molecule has 1 aromatic heterocycles. The second-order valence-electron chi connectivity index (χ2n) is 11.4. The molecule has 1 fully saturated rings. The molecule has 0 unspecified atom stereocenters. The van der Waals surface area contributed by atoms with Crippen molar-refractivity contribution in [3.8, 4) is 0 Å². The topological polar surface area (TPSA) is 113 Å². The lowest BCUT2D eigenvalue weighted by Crippen LogP contribution is -2.46. The zero-order valence-corrected chi connectivity index (χ0v) is 25.7. The molecule has 0 saturated carbocycles. The molecule has 0 spiro atoms. The summed E-state index contributed by atoms with van der Waals surface area (Å²) in [6.45, 7) is 13.9. The first-order chi connectivity index (χ1) is 19.9. The van der Waals surface area contributed by atoms with Crippen LogP contribution in [0.3, 0.4) is 0 Å². The molecule has 1 saturated heterocycles. The molecule has 42 heavy (non-hydrogen) atoms. The Morgan fingerprint density at radius 3 is 2.40 bits per heavy atom. The van der Waals surface area contributed by atoms with E-state index in [9.17, 15) is 14.4 Å². The maximum Gasteiger partial charge on any atom is 0.408 e. The lowest BCUT2D eigenvalue weighted by Gasteiger charge is -2.34. The highest BCUT2D eigenvalue weighted by Gasteiger charge is 2.22. The van der Waals surface area contributed by atoms with Gasteiger partial charge < -0.3 is 25.0 Å². The summed E-state index contributed by atoms with van der Waals surface area (Å²) in [5.41, 5.74) is 4.95. The van der Waals surface area contributed by atoms with E-state index in [0.717, 1.165) is 43.4 Å². The minimum Gasteiger partial charge on any atom is -0.456 e. The SMILES string of the molecule is Cc1ccc(C)c(CN2CCN(c3nc(C(=O)OCc4ccc(NC(=O)CNC(=O)OC(C)(C)C)cc4)cs3)CC2)c1. The van der Waals surface area contributed by atoms with Gasteiger partial charge in [0.05, 0.1) is 0 Å². The first-order valence-electron chi connectivity index (χ1n) is 14.0. The normalized spacial score (nSPS) is 13.9. The largest absolute Gasteiger partial charge is 0.456 e. The second-order valence-corrected chi connectivity index (χ2v) is 12.2. The molecule has 1 aliphatic rings. The number of nitrogens with one attached hydrogen (secondary N) is 2. The van der Waals surface area contributed by atoms with Crippen molar-refractivity contribution in [2.75, 3.05) is 42.9 Å². The molecule has 4 rings (SSSR count). The molecule has 10 nitrogen and oxygen atoms in total. The molecule has 0 bridgehead atoms. The Balaban J connectivity index is 1.19. The van der Waals surface area contributed by atoms with Crippen molar-refractivity contribution >= 4 is 40.1 Å². The van der Waals surface area contributed by atoms with Crippen LogP contribution in [0.5, 0.6) is 0 Å². The van der Waals surface area contributed by atoms with Gasteiger partial charge in [-0.1, -0.05) is 35.9 Å². The summed E-state index contributed by atoms with van der Waals surface area (Å²) in [6.07, 6.45) is -0.659. The summed E-state index contributed by atoms with van der Waals surface area (Å²) in [4.78, 5) is 45.7. The standard InChI is InChI=1S/C31H39N5O5S/c1-21-6-7-22(2)24(16-21)18-35-12-14-36(15-13-35)29-34-26(20-42-29)28(38)40-19-23-8-10-25(11-9-23)33-27(37)17-32-30(39)41-31(3,4)5/h6-11,16,20H,12-15,17-19H2,1-5H3,(H,32,39)(H,33,37). The molecule has 2 N–H and O–H groups in total. The number of esters is 1. The highest BCUT2D eigenvalue weighted by Crippen LogP contribution is 2.24. The first-order valence-corrected chi connectivity index (χ1v) is 14.8. The third kappa shape index (κ3) is 9.28. The number of amides is 2. The number of aryl methyl sites for hydroxylation is 2. The van der Waals surface area contributed by atoms with Crippen LogP contribution in [0.25, 0.3) is 0 Å². The predicted octanol–water partition coefficient (Wildman–Crippen LogP) is 4.90. The molecule has 11 heteroatoms. The lowest BCUT2D eigenvalue weighted by atomic mass is 10.0. The summed E-state index contributed by atoms with van der Waals surface area (Å²) in [5, 5.41) is 7.68. The van der Waals surface area contributed by atoms with Crippen molar-refractivity contribution in [2.45, 2.75) is 53.4 Å². The molecule has 0 aliphatic carbocycles. The van der Waals surface area contributed by atoms with Crippen LogP contribution in [0.4, 0.5) is 15.6 Å². The number of aromatic nitrogens is 1. The number of thiazole rings is 1. The number of ether oxygens (including phenoxy) is 2. The fraction of sp³-hybridized carbons (Fsp3) is 0.419. The van der Waals surface area contributed by atoms with Gasteiger partial charge in [-0.2, -0.15) is 0 Å². The van der Waals surface area contributed by atoms with Crippen molar-refractivity contribution in [2.24, 2.45) is 0 Å². The summed E-state index contributed by atoms with van der Waals surface area (Å²) in [7, 11) is 0. The van der Waals surface area contributed by atoms with Crippen molar-refractivity contribution in [1.82, 2.24) is 15.2 Å². The minimum absolute atomic E-state index is 0.0805. The molecule has 1 aliphatic heterocycles. The van der Waals surface area contributed by atoms with E-state index in [1.165, 1.54) is 28.0 Å². The molecule has 2 amide bonds. The predicted molar refractivity (Wildman–Crippen MR) is 164 cm³/mol. The summed E-state index contributed by atoms with van der Waals surface area (Å²) in [6, 6.07) is 13.5. The van der Waals surface area contributed by atoms with Crippen molar-refractivity contribution < 1.29 is 23.9 Å². The highest BCUT2D eigenvalue weighted by atomic mass is 32.1. The Bertz CT molecular complexity index is 1390. The van der Waals surface area contributed by atoms with Crippen LogP contribution in [0.2, 0.25) is 0 Å². The Morgan fingerprint density at radius 1 is 1.00 bits per heavy atom. The maximum atomic E-state index is 12.6. The first kappa shape index (κ1) is 31.0. The van der Waals surface area contributed by atoms with Crippen LogP contribution in [-0.2, 0) is 27.4 Å². The third-order valence-corrected chi connectivity index (χ3v) is 7.54. The highest BCUT2D eigenvalue weighted by molar-refractivity contribution is 7.13. The van der Waals surface area contributed by atoms with E-state index in [2.05, 4.69) is 57.5 Å². The number of nitrogens with zero attached hydrogens (tertiary/aromatic N) is 3. The van der Waals surface area contributed by atoms with Crippen LogP contribution in [0.15, 0.2) is 47.8 Å². The smallest absolute Gasteiger partial charge is 0.408 e. The van der Waals surface area contributed by atoms with E-state index in [1.807, 2.05) is 0 Å². The van der Waals surface area contributed by atoms with E-state index < -0.39 is 17.7 Å². The van der Waals surface area contributed by atoms with Gasteiger partial charge in [0.2, 0.25) is 5.91 Å². The quantitative estimate of drug-likeness (QED) is 0.337. The van der Waals surface area contributed by atoms with Gasteiger partial charge in [-0.25, -0.2) is 14.6 Å². The molecule has 0 atom stereocenters. The lowest BCUT2D eigenvalue weighted by molar-refractivity contribution is -0.115. The molecule has 2 heterocycles. The van der Waals surface area contributed by atoms with Crippen LogP contribution in [0.1, 0.15) is 53.5 Å². The van der Waals surface area contributed by atoms with Gasteiger partial charge in [-0.3, -0.25) is 9.69 Å². The minimum atomic E-state index is -0.659. The van der Waals surface area contributed by atoms with Gasteiger partial charge in [0.1, 0.15) is 18.8 Å². The number of hydrogen-bond acceptors (Lipinski definition) is 9. The molecule has 224 valence electrons. The van der Waals surface area contributed by atoms with Crippen molar-refractivity contribution in [1.29, 1.82) is 0 Å². The molecule has 0 radical (unpaired) electrons. The number of anilines is 2. The monoisotopic (exact) mass is 593 g/mol. The van der Waals surface area contributed by atoms with E-state index in [-0.39, 0.29) is 19.1 Å². The van der Waals surface area contributed by atoms with Crippen molar-refractivity contribution in [3.63, 3.8) is 0 Å². The van der Waals surface area contributed by atoms with Gasteiger partial charge in [0.25, 0.3) is 0 Å². The van der Waals surface area contributed by atoms with Crippen LogP contribution in [-0.4, -0.2) is 66.2 Å². The number of rotatable bonds is 9. The fourth-order valence-electron chi connectivity index (χ4n) is 4.39. The number of alkyl carbamates (subject to hydrolysis) is 1. The van der Waals surface area contributed by atoms with Crippen molar-refractivity contribution in [3.05, 3.63) is 75.8 Å². The number of hydrogen-bond donors (Lipinski definition) is 2. The van der Waals surface area contributed by atoms with Gasteiger partial charge in [-0.05, 0) is 63.4 Å². The zero-order valence-electron chi connectivity index (χ0n) is 24.9.